The number of rotatable bonds is 5. The normalized spacial score (nSPS) is 13.3. The molecular formula is C12H17N3O2S. The molecule has 1 atom stereocenters. The van der Waals surface area contributed by atoms with Crippen molar-refractivity contribution < 1.29 is 8.42 Å². The van der Waals surface area contributed by atoms with E-state index in [4.69, 9.17) is 5.26 Å². The van der Waals surface area contributed by atoms with Crippen LogP contribution in [0, 0.1) is 11.3 Å². The molecule has 1 heterocycles. The lowest BCUT2D eigenvalue weighted by Crippen LogP contribution is -2.38. The predicted octanol–water partition coefficient (Wildman–Crippen LogP) is 1.76. The van der Waals surface area contributed by atoms with Crippen LogP contribution in [0.2, 0.25) is 0 Å². The Balaban J connectivity index is 3.33. The van der Waals surface area contributed by atoms with Gasteiger partial charge in [-0.2, -0.15) is 9.57 Å². The average molecular weight is 267 g/mol. The van der Waals surface area contributed by atoms with Crippen molar-refractivity contribution in [1.82, 2.24) is 9.29 Å². The summed E-state index contributed by atoms with van der Waals surface area (Å²) >= 11 is 0. The molecule has 0 fully saturated rings. The SMILES string of the molecule is CCC(C)N(CC)S(=O)(=O)c1cccnc1C#N. The third-order valence-corrected chi connectivity index (χ3v) is 4.98. The smallest absolute Gasteiger partial charge is 0.244 e. The van der Waals surface area contributed by atoms with E-state index in [2.05, 4.69) is 4.98 Å². The quantitative estimate of drug-likeness (QED) is 0.814. The van der Waals surface area contributed by atoms with Crippen LogP contribution in [-0.4, -0.2) is 30.3 Å². The van der Waals surface area contributed by atoms with Crippen LogP contribution in [0.25, 0.3) is 0 Å². The van der Waals surface area contributed by atoms with Gasteiger partial charge >= 0.3 is 0 Å². The predicted molar refractivity (Wildman–Crippen MR) is 68.3 cm³/mol. The van der Waals surface area contributed by atoms with Crippen molar-refractivity contribution in [1.29, 1.82) is 5.26 Å². The van der Waals surface area contributed by atoms with Gasteiger partial charge in [-0.05, 0) is 25.5 Å². The van der Waals surface area contributed by atoms with E-state index in [9.17, 15) is 8.42 Å². The minimum absolute atomic E-state index is 0.0188. The second-order valence-corrected chi connectivity index (χ2v) is 5.79. The molecule has 0 aliphatic carbocycles. The number of aromatic nitrogens is 1. The third kappa shape index (κ3) is 2.68. The standard InChI is InChI=1S/C12H17N3O2S/c1-4-10(3)15(5-2)18(16,17)12-7-6-8-14-11(12)9-13/h6-8,10H,4-5H2,1-3H3. The largest absolute Gasteiger partial charge is 0.246 e. The van der Waals surface area contributed by atoms with Crippen molar-refractivity contribution in [2.45, 2.75) is 38.1 Å². The zero-order valence-corrected chi connectivity index (χ0v) is 11.6. The van der Waals surface area contributed by atoms with E-state index in [1.54, 1.807) is 6.92 Å². The first-order valence-corrected chi connectivity index (χ1v) is 7.30. The van der Waals surface area contributed by atoms with Crippen molar-refractivity contribution in [2.24, 2.45) is 0 Å². The highest BCUT2D eigenvalue weighted by Crippen LogP contribution is 2.21. The maximum atomic E-state index is 12.5. The second kappa shape index (κ2) is 5.94. The van der Waals surface area contributed by atoms with Crippen molar-refractivity contribution in [3.05, 3.63) is 24.0 Å². The van der Waals surface area contributed by atoms with Gasteiger partial charge in [0.2, 0.25) is 10.0 Å². The van der Waals surface area contributed by atoms with E-state index in [1.807, 2.05) is 19.9 Å². The van der Waals surface area contributed by atoms with Crippen LogP contribution in [-0.2, 0) is 10.0 Å². The van der Waals surface area contributed by atoms with Crippen molar-refractivity contribution in [3.8, 4) is 6.07 Å². The van der Waals surface area contributed by atoms with E-state index in [0.29, 0.717) is 6.54 Å². The fourth-order valence-electron chi connectivity index (χ4n) is 1.73. The number of hydrogen-bond acceptors (Lipinski definition) is 4. The highest BCUT2D eigenvalue weighted by Gasteiger charge is 2.29. The van der Waals surface area contributed by atoms with Crippen LogP contribution in [0.15, 0.2) is 23.2 Å². The van der Waals surface area contributed by atoms with Crippen LogP contribution in [0.4, 0.5) is 0 Å². The summed E-state index contributed by atoms with van der Waals surface area (Å²) in [6.07, 6.45) is 2.13. The maximum Gasteiger partial charge on any atom is 0.246 e. The van der Waals surface area contributed by atoms with E-state index in [1.165, 1.54) is 22.6 Å². The molecule has 0 saturated heterocycles. The Morgan fingerprint density at radius 2 is 2.17 bits per heavy atom. The summed E-state index contributed by atoms with van der Waals surface area (Å²) in [5.41, 5.74) is -0.0562. The Labute approximate surface area is 108 Å². The van der Waals surface area contributed by atoms with Crippen molar-refractivity contribution in [3.63, 3.8) is 0 Å². The Bertz CT molecular complexity index is 549. The highest BCUT2D eigenvalue weighted by molar-refractivity contribution is 7.89. The molecule has 1 aromatic heterocycles. The molecule has 0 N–H and O–H groups in total. The zero-order valence-electron chi connectivity index (χ0n) is 10.8. The van der Waals surface area contributed by atoms with Gasteiger partial charge in [0, 0.05) is 18.8 Å². The van der Waals surface area contributed by atoms with Crippen LogP contribution in [0.3, 0.4) is 0 Å². The van der Waals surface area contributed by atoms with Gasteiger partial charge in [0.15, 0.2) is 5.69 Å². The lowest BCUT2D eigenvalue weighted by Gasteiger charge is -2.26. The molecule has 1 rings (SSSR count). The molecule has 0 aliphatic rings. The van der Waals surface area contributed by atoms with Gasteiger partial charge in [-0.3, -0.25) is 0 Å². The molecule has 0 spiro atoms. The topological polar surface area (TPSA) is 74.1 Å². The summed E-state index contributed by atoms with van der Waals surface area (Å²) in [4.78, 5) is 3.78. The summed E-state index contributed by atoms with van der Waals surface area (Å²) in [6.45, 7) is 5.93. The van der Waals surface area contributed by atoms with E-state index in [-0.39, 0.29) is 16.6 Å². The molecule has 1 aromatic rings. The fourth-order valence-corrected chi connectivity index (χ4v) is 3.54. The lowest BCUT2D eigenvalue weighted by atomic mass is 10.3. The summed E-state index contributed by atoms with van der Waals surface area (Å²) in [5, 5.41) is 8.94. The molecule has 18 heavy (non-hydrogen) atoms. The minimum Gasteiger partial charge on any atom is -0.244 e. The Hall–Kier alpha value is -1.45. The first kappa shape index (κ1) is 14.6. The fraction of sp³-hybridized carbons (Fsp3) is 0.500. The van der Waals surface area contributed by atoms with Crippen LogP contribution in [0.5, 0.6) is 0 Å². The molecule has 0 saturated carbocycles. The van der Waals surface area contributed by atoms with Gasteiger partial charge in [0.05, 0.1) is 0 Å². The highest BCUT2D eigenvalue weighted by atomic mass is 32.2. The Morgan fingerprint density at radius 3 is 2.67 bits per heavy atom. The molecule has 0 radical (unpaired) electrons. The van der Waals surface area contributed by atoms with Crippen LogP contribution < -0.4 is 0 Å². The van der Waals surface area contributed by atoms with E-state index < -0.39 is 10.0 Å². The summed E-state index contributed by atoms with van der Waals surface area (Å²) in [5.74, 6) is 0. The van der Waals surface area contributed by atoms with E-state index in [0.717, 1.165) is 6.42 Å². The molecule has 0 amide bonds. The number of hydrogen-bond donors (Lipinski definition) is 0. The monoisotopic (exact) mass is 267 g/mol. The van der Waals surface area contributed by atoms with Gasteiger partial charge in [0.1, 0.15) is 11.0 Å². The molecule has 5 nitrogen and oxygen atoms in total. The van der Waals surface area contributed by atoms with Gasteiger partial charge in [-0.1, -0.05) is 13.8 Å². The molecular weight excluding hydrogens is 250 g/mol. The maximum absolute atomic E-state index is 12.5. The van der Waals surface area contributed by atoms with Gasteiger partial charge in [-0.15, -0.1) is 0 Å². The first-order chi connectivity index (χ1) is 8.48. The minimum atomic E-state index is -3.66. The molecule has 98 valence electrons. The van der Waals surface area contributed by atoms with Crippen molar-refractivity contribution in [2.75, 3.05) is 6.54 Å². The van der Waals surface area contributed by atoms with Gasteiger partial charge < -0.3 is 0 Å². The Morgan fingerprint density at radius 1 is 1.50 bits per heavy atom. The molecule has 6 heteroatoms. The summed E-state index contributed by atoms with van der Waals surface area (Å²) in [6, 6.07) is 4.66. The first-order valence-electron chi connectivity index (χ1n) is 5.86. The third-order valence-electron chi connectivity index (χ3n) is 2.86. The van der Waals surface area contributed by atoms with Gasteiger partial charge in [-0.25, -0.2) is 13.4 Å². The summed E-state index contributed by atoms with van der Waals surface area (Å²) < 4.78 is 26.4. The summed E-state index contributed by atoms with van der Waals surface area (Å²) in [7, 11) is -3.66. The molecule has 0 aliphatic heterocycles. The second-order valence-electron chi connectivity index (χ2n) is 3.93. The molecule has 1 unspecified atom stereocenters. The van der Waals surface area contributed by atoms with E-state index >= 15 is 0 Å². The number of sulfonamides is 1. The number of nitriles is 1. The van der Waals surface area contributed by atoms with Crippen LogP contribution >= 0.6 is 0 Å². The molecule has 0 aromatic carbocycles. The molecule has 0 bridgehead atoms. The number of nitrogens with zero attached hydrogens (tertiary/aromatic N) is 3. The number of pyridine rings is 1. The zero-order chi connectivity index (χ0) is 13.8. The lowest BCUT2D eigenvalue weighted by molar-refractivity contribution is 0.342. The average Bonchev–Trinajstić information content (AvgIpc) is 2.38. The van der Waals surface area contributed by atoms with Gasteiger partial charge in [0.25, 0.3) is 0 Å². The Kier molecular flexibility index (Phi) is 4.82. The van der Waals surface area contributed by atoms with Crippen LogP contribution in [0.1, 0.15) is 32.9 Å². The van der Waals surface area contributed by atoms with Crippen molar-refractivity contribution >= 4 is 10.0 Å².